The summed E-state index contributed by atoms with van der Waals surface area (Å²) in [7, 11) is 1.59. The van der Waals surface area contributed by atoms with E-state index in [0.29, 0.717) is 28.5 Å². The van der Waals surface area contributed by atoms with Crippen LogP contribution in [-0.4, -0.2) is 34.9 Å². The van der Waals surface area contributed by atoms with Gasteiger partial charge in [0.05, 0.1) is 24.4 Å². The minimum atomic E-state index is -0.138. The van der Waals surface area contributed by atoms with Crippen molar-refractivity contribution >= 4 is 44.9 Å². The first-order valence-electron chi connectivity index (χ1n) is 8.46. The van der Waals surface area contributed by atoms with E-state index in [1.165, 1.54) is 28.7 Å². The molecule has 3 rings (SSSR count). The van der Waals surface area contributed by atoms with E-state index < -0.39 is 0 Å². The summed E-state index contributed by atoms with van der Waals surface area (Å²) in [4.78, 5) is 29.6. The molecule has 142 valence electrons. The SMILES string of the molecule is COCCn1c(SCC(=O)Nc2ccc(C)c(C)c2)nc2ccsc2c1=O. The van der Waals surface area contributed by atoms with Gasteiger partial charge < -0.3 is 10.1 Å². The Bertz CT molecular complexity index is 1030. The fourth-order valence-corrected chi connectivity index (χ4v) is 4.16. The first-order valence-corrected chi connectivity index (χ1v) is 10.3. The van der Waals surface area contributed by atoms with Crippen molar-refractivity contribution in [3.8, 4) is 0 Å². The number of methoxy groups -OCH3 is 1. The first-order chi connectivity index (χ1) is 13.0. The van der Waals surface area contributed by atoms with Crippen molar-refractivity contribution in [1.82, 2.24) is 9.55 Å². The van der Waals surface area contributed by atoms with Gasteiger partial charge in [0.15, 0.2) is 5.16 Å². The maximum atomic E-state index is 12.7. The van der Waals surface area contributed by atoms with Gasteiger partial charge in [0.2, 0.25) is 5.91 Å². The number of thioether (sulfide) groups is 1. The molecule has 0 aliphatic carbocycles. The Morgan fingerprint density at radius 2 is 2.11 bits per heavy atom. The second-order valence-electron chi connectivity index (χ2n) is 6.11. The number of benzene rings is 1. The average molecular weight is 404 g/mol. The zero-order valence-corrected chi connectivity index (χ0v) is 17.1. The molecule has 0 aliphatic rings. The second-order valence-corrected chi connectivity index (χ2v) is 7.97. The van der Waals surface area contributed by atoms with Gasteiger partial charge in [-0.1, -0.05) is 17.8 Å². The minimum absolute atomic E-state index is 0.0934. The number of aromatic nitrogens is 2. The highest BCUT2D eigenvalue weighted by molar-refractivity contribution is 7.99. The fraction of sp³-hybridized carbons (Fsp3) is 0.316. The predicted octanol–water partition coefficient (Wildman–Crippen LogP) is 3.45. The molecule has 0 aliphatic heterocycles. The molecule has 1 N–H and O–H groups in total. The van der Waals surface area contributed by atoms with Gasteiger partial charge in [-0.3, -0.25) is 14.2 Å². The van der Waals surface area contributed by atoms with Crippen molar-refractivity contribution in [3.63, 3.8) is 0 Å². The van der Waals surface area contributed by atoms with Crippen LogP contribution in [0.5, 0.6) is 0 Å². The van der Waals surface area contributed by atoms with E-state index in [-0.39, 0.29) is 17.2 Å². The maximum absolute atomic E-state index is 12.7. The zero-order valence-electron chi connectivity index (χ0n) is 15.4. The highest BCUT2D eigenvalue weighted by Gasteiger charge is 2.14. The molecule has 6 nitrogen and oxygen atoms in total. The van der Waals surface area contributed by atoms with Gasteiger partial charge in [-0.25, -0.2) is 4.98 Å². The highest BCUT2D eigenvalue weighted by atomic mass is 32.2. The van der Waals surface area contributed by atoms with E-state index in [9.17, 15) is 9.59 Å². The highest BCUT2D eigenvalue weighted by Crippen LogP contribution is 2.21. The molecule has 2 heterocycles. The Balaban J connectivity index is 1.76. The second kappa shape index (κ2) is 8.69. The normalized spacial score (nSPS) is 11.1. The smallest absolute Gasteiger partial charge is 0.272 e. The first kappa shape index (κ1) is 19.6. The monoisotopic (exact) mass is 403 g/mol. The molecule has 27 heavy (non-hydrogen) atoms. The summed E-state index contributed by atoms with van der Waals surface area (Å²) < 4.78 is 7.30. The van der Waals surface area contributed by atoms with Crippen LogP contribution in [0.15, 0.2) is 39.6 Å². The number of nitrogens with one attached hydrogen (secondary N) is 1. The number of amides is 1. The van der Waals surface area contributed by atoms with Crippen LogP contribution in [-0.2, 0) is 16.1 Å². The number of fused-ring (bicyclic) bond motifs is 1. The topological polar surface area (TPSA) is 73.2 Å². The number of carbonyl (C=O) groups is 1. The molecule has 3 aromatic rings. The van der Waals surface area contributed by atoms with E-state index >= 15 is 0 Å². The van der Waals surface area contributed by atoms with Crippen LogP contribution in [0.2, 0.25) is 0 Å². The van der Waals surface area contributed by atoms with Crippen molar-refractivity contribution in [2.45, 2.75) is 25.5 Å². The molecular weight excluding hydrogens is 382 g/mol. The third kappa shape index (κ3) is 4.58. The number of carbonyl (C=O) groups excluding carboxylic acids is 1. The van der Waals surface area contributed by atoms with Gasteiger partial charge in [-0.15, -0.1) is 11.3 Å². The summed E-state index contributed by atoms with van der Waals surface area (Å²) in [6.07, 6.45) is 0. The van der Waals surface area contributed by atoms with Crippen LogP contribution in [0, 0.1) is 13.8 Å². The zero-order chi connectivity index (χ0) is 19.4. The number of thiophene rings is 1. The summed E-state index contributed by atoms with van der Waals surface area (Å²) >= 11 is 2.63. The molecular formula is C19H21N3O3S2. The van der Waals surface area contributed by atoms with E-state index in [0.717, 1.165) is 11.3 Å². The van der Waals surface area contributed by atoms with Crippen LogP contribution < -0.4 is 10.9 Å². The number of hydrogen-bond acceptors (Lipinski definition) is 6. The van der Waals surface area contributed by atoms with Crippen LogP contribution in [0.3, 0.4) is 0 Å². The molecule has 0 bridgehead atoms. The lowest BCUT2D eigenvalue weighted by atomic mass is 10.1. The molecule has 0 spiro atoms. The van der Waals surface area contributed by atoms with Gasteiger partial charge in [-0.2, -0.15) is 0 Å². The number of nitrogens with zero attached hydrogens (tertiary/aromatic N) is 2. The molecule has 0 atom stereocenters. The summed E-state index contributed by atoms with van der Waals surface area (Å²) in [5.41, 5.74) is 3.64. The summed E-state index contributed by atoms with van der Waals surface area (Å²) in [6.45, 7) is 4.84. The molecule has 0 unspecified atom stereocenters. The van der Waals surface area contributed by atoms with E-state index in [1.54, 1.807) is 11.7 Å². The third-order valence-corrected chi connectivity index (χ3v) is 6.04. The Kier molecular flexibility index (Phi) is 6.30. The number of ether oxygens (including phenoxy) is 1. The molecule has 1 amide bonds. The summed E-state index contributed by atoms with van der Waals surface area (Å²) in [5.74, 6) is 0.0309. The molecule has 0 radical (unpaired) electrons. The lowest BCUT2D eigenvalue weighted by molar-refractivity contribution is -0.113. The average Bonchev–Trinajstić information content (AvgIpc) is 3.11. The van der Waals surface area contributed by atoms with Gasteiger partial charge in [0, 0.05) is 12.8 Å². The van der Waals surface area contributed by atoms with Crippen molar-refractivity contribution in [1.29, 1.82) is 0 Å². The lowest BCUT2D eigenvalue weighted by Crippen LogP contribution is -2.25. The van der Waals surface area contributed by atoms with Crippen LogP contribution in [0.4, 0.5) is 5.69 Å². The Hall–Kier alpha value is -2.16. The molecule has 2 aromatic heterocycles. The molecule has 1 aromatic carbocycles. The van der Waals surface area contributed by atoms with Crippen LogP contribution in [0.1, 0.15) is 11.1 Å². The maximum Gasteiger partial charge on any atom is 0.272 e. The van der Waals surface area contributed by atoms with Gasteiger partial charge in [0.25, 0.3) is 5.56 Å². The molecule has 0 fully saturated rings. The van der Waals surface area contributed by atoms with Gasteiger partial charge in [0.1, 0.15) is 4.70 Å². The van der Waals surface area contributed by atoms with Crippen molar-refractivity contribution in [3.05, 3.63) is 51.1 Å². The quantitative estimate of drug-likeness (QED) is 0.483. The Labute approximate surface area is 165 Å². The van der Waals surface area contributed by atoms with Crippen molar-refractivity contribution in [2.75, 3.05) is 24.8 Å². The van der Waals surface area contributed by atoms with E-state index in [4.69, 9.17) is 4.74 Å². The standard InChI is InChI=1S/C19H21N3O3S2/c1-12-4-5-14(10-13(12)2)20-16(23)11-27-19-21-15-6-9-26-17(15)18(24)22(19)7-8-25-3/h4-6,9-10H,7-8,11H2,1-3H3,(H,20,23). The van der Waals surface area contributed by atoms with Crippen LogP contribution in [0.25, 0.3) is 10.2 Å². The third-order valence-electron chi connectivity index (χ3n) is 4.17. The van der Waals surface area contributed by atoms with Crippen molar-refractivity contribution < 1.29 is 9.53 Å². The molecule has 8 heteroatoms. The molecule has 0 saturated heterocycles. The predicted molar refractivity (Wildman–Crippen MR) is 111 cm³/mol. The van der Waals surface area contributed by atoms with E-state index in [2.05, 4.69) is 10.3 Å². The minimum Gasteiger partial charge on any atom is -0.383 e. The van der Waals surface area contributed by atoms with Gasteiger partial charge in [-0.05, 0) is 48.6 Å². The van der Waals surface area contributed by atoms with Crippen molar-refractivity contribution in [2.24, 2.45) is 0 Å². The van der Waals surface area contributed by atoms with E-state index in [1.807, 2.05) is 43.5 Å². The lowest BCUT2D eigenvalue weighted by Gasteiger charge is -2.12. The number of anilines is 1. The Morgan fingerprint density at radius 3 is 2.85 bits per heavy atom. The number of rotatable bonds is 7. The van der Waals surface area contributed by atoms with Crippen LogP contribution >= 0.6 is 23.1 Å². The summed E-state index contributed by atoms with van der Waals surface area (Å²) in [5, 5.41) is 5.27. The van der Waals surface area contributed by atoms with Gasteiger partial charge >= 0.3 is 0 Å². The molecule has 0 saturated carbocycles. The number of aryl methyl sites for hydroxylation is 2. The number of hydrogen-bond donors (Lipinski definition) is 1. The Morgan fingerprint density at radius 1 is 1.30 bits per heavy atom. The fourth-order valence-electron chi connectivity index (χ4n) is 2.56. The largest absolute Gasteiger partial charge is 0.383 e. The summed E-state index contributed by atoms with van der Waals surface area (Å²) in [6, 6.07) is 7.63.